The molecule has 1 amide bonds. The van der Waals surface area contributed by atoms with Crippen LogP contribution in [0, 0.1) is 11.6 Å². The smallest absolute Gasteiger partial charge is 0.410 e. The van der Waals surface area contributed by atoms with Crippen LogP contribution in [0.25, 0.3) is 11.2 Å². The number of carbonyl (C=O) groups is 1. The normalized spacial score (nSPS) is 21.9. The van der Waals surface area contributed by atoms with Crippen molar-refractivity contribution < 1.29 is 23.4 Å². The Bertz CT molecular complexity index is 1600. The average molecular weight is 536 g/mol. The Hall–Kier alpha value is -4.12. The van der Waals surface area contributed by atoms with Crippen LogP contribution in [0.3, 0.4) is 0 Å². The van der Waals surface area contributed by atoms with Crippen LogP contribution in [-0.2, 0) is 16.8 Å². The van der Waals surface area contributed by atoms with Gasteiger partial charge in [0.2, 0.25) is 0 Å². The highest BCUT2D eigenvalue weighted by molar-refractivity contribution is 5.70. The van der Waals surface area contributed by atoms with E-state index in [1.54, 1.807) is 40.1 Å². The SMILES string of the molecule is O=C(O[C@@H]1CC[C@@](O)(c2cccc(F)c2F)Cc2cccnc21)N1CCC(n2c(=O)[nH]c3ncccc32)CC1. The summed E-state index contributed by atoms with van der Waals surface area (Å²) in [5.74, 6) is -2.12. The second-order valence-corrected chi connectivity index (χ2v) is 10.2. The zero-order valence-corrected chi connectivity index (χ0v) is 21.0. The van der Waals surface area contributed by atoms with Crippen molar-refractivity contribution in [1.82, 2.24) is 24.4 Å². The van der Waals surface area contributed by atoms with Gasteiger partial charge in [-0.15, -0.1) is 0 Å². The van der Waals surface area contributed by atoms with E-state index in [9.17, 15) is 23.5 Å². The first-order valence-corrected chi connectivity index (χ1v) is 13.0. The number of aromatic nitrogens is 4. The molecular weight excluding hydrogens is 508 g/mol. The van der Waals surface area contributed by atoms with E-state index in [0.717, 1.165) is 11.6 Å². The van der Waals surface area contributed by atoms with E-state index in [1.165, 1.54) is 12.1 Å². The van der Waals surface area contributed by atoms with Gasteiger partial charge in [0.05, 0.1) is 16.8 Å². The first-order valence-electron chi connectivity index (χ1n) is 13.0. The third-order valence-electron chi connectivity index (χ3n) is 7.81. The highest BCUT2D eigenvalue weighted by atomic mass is 19.2. The Balaban J connectivity index is 1.18. The van der Waals surface area contributed by atoms with E-state index in [4.69, 9.17) is 4.74 Å². The number of hydrogen-bond acceptors (Lipinski definition) is 6. The number of rotatable bonds is 3. The molecule has 202 valence electrons. The summed E-state index contributed by atoms with van der Waals surface area (Å²) in [6, 6.07) is 10.7. The van der Waals surface area contributed by atoms with E-state index in [2.05, 4.69) is 15.0 Å². The summed E-state index contributed by atoms with van der Waals surface area (Å²) in [7, 11) is 0. The predicted molar refractivity (Wildman–Crippen MR) is 137 cm³/mol. The minimum absolute atomic E-state index is 0.00419. The summed E-state index contributed by atoms with van der Waals surface area (Å²) in [6.45, 7) is 0.784. The van der Waals surface area contributed by atoms with Crippen molar-refractivity contribution in [1.29, 1.82) is 0 Å². The van der Waals surface area contributed by atoms with Gasteiger partial charge in [-0.2, -0.15) is 0 Å². The number of piperidine rings is 1. The van der Waals surface area contributed by atoms with Crippen molar-refractivity contribution in [2.24, 2.45) is 0 Å². The molecule has 1 aliphatic carbocycles. The fourth-order valence-corrected chi connectivity index (χ4v) is 5.83. The van der Waals surface area contributed by atoms with Crippen LogP contribution in [0.4, 0.5) is 13.6 Å². The maximum absolute atomic E-state index is 14.7. The molecule has 11 heteroatoms. The Morgan fingerprint density at radius 1 is 1.05 bits per heavy atom. The molecular formula is C28H27F2N5O4. The van der Waals surface area contributed by atoms with E-state index in [-0.39, 0.29) is 36.6 Å². The highest BCUT2D eigenvalue weighted by Gasteiger charge is 2.40. The molecule has 2 N–H and O–H groups in total. The van der Waals surface area contributed by atoms with Gasteiger partial charge >= 0.3 is 11.8 Å². The van der Waals surface area contributed by atoms with Crippen molar-refractivity contribution in [2.75, 3.05) is 13.1 Å². The molecule has 1 saturated heterocycles. The molecule has 0 saturated carbocycles. The van der Waals surface area contributed by atoms with Crippen LogP contribution in [0.5, 0.6) is 0 Å². The monoisotopic (exact) mass is 535 g/mol. The third kappa shape index (κ3) is 4.56. The van der Waals surface area contributed by atoms with Gasteiger partial charge < -0.3 is 14.7 Å². The van der Waals surface area contributed by atoms with Gasteiger partial charge in [0.1, 0.15) is 6.10 Å². The Labute approximate surface area is 222 Å². The second kappa shape index (κ2) is 9.88. The molecule has 0 spiro atoms. The number of ether oxygens (including phenoxy) is 1. The third-order valence-corrected chi connectivity index (χ3v) is 7.81. The number of fused-ring (bicyclic) bond motifs is 2. The van der Waals surface area contributed by atoms with Crippen LogP contribution < -0.4 is 5.69 Å². The molecule has 6 rings (SSSR count). The maximum atomic E-state index is 14.7. The first-order chi connectivity index (χ1) is 18.8. The first kappa shape index (κ1) is 25.2. The minimum Gasteiger partial charge on any atom is -0.440 e. The molecule has 4 aromatic rings. The Morgan fingerprint density at radius 2 is 1.82 bits per heavy atom. The number of hydrogen-bond donors (Lipinski definition) is 2. The molecule has 1 fully saturated rings. The number of H-pyrrole nitrogens is 1. The van der Waals surface area contributed by atoms with Crippen molar-refractivity contribution in [3.8, 4) is 0 Å². The summed E-state index contributed by atoms with van der Waals surface area (Å²) in [5.41, 5.74) is 0.303. The summed E-state index contributed by atoms with van der Waals surface area (Å²) in [6.07, 6.45) is 3.26. The number of aromatic amines is 1. The molecule has 1 aromatic carbocycles. The lowest BCUT2D eigenvalue weighted by Gasteiger charge is -2.33. The van der Waals surface area contributed by atoms with Crippen LogP contribution in [0.2, 0.25) is 0 Å². The van der Waals surface area contributed by atoms with Crippen molar-refractivity contribution >= 4 is 17.3 Å². The van der Waals surface area contributed by atoms with Gasteiger partial charge in [-0.3, -0.25) is 14.5 Å². The fraction of sp³-hybridized carbons (Fsp3) is 0.357. The largest absolute Gasteiger partial charge is 0.440 e. The van der Waals surface area contributed by atoms with Gasteiger partial charge in [0, 0.05) is 43.5 Å². The Morgan fingerprint density at radius 3 is 2.64 bits per heavy atom. The fourth-order valence-electron chi connectivity index (χ4n) is 5.83. The lowest BCUT2D eigenvalue weighted by molar-refractivity contribution is 0.00512. The molecule has 0 unspecified atom stereocenters. The molecule has 2 aliphatic rings. The molecule has 39 heavy (non-hydrogen) atoms. The average Bonchev–Trinajstić information content (AvgIpc) is 3.20. The van der Waals surface area contributed by atoms with Crippen LogP contribution in [-0.4, -0.2) is 48.7 Å². The molecule has 1 aliphatic heterocycles. The number of halogens is 2. The predicted octanol–water partition coefficient (Wildman–Crippen LogP) is 4.14. The van der Waals surface area contributed by atoms with E-state index in [0.29, 0.717) is 42.8 Å². The zero-order valence-electron chi connectivity index (χ0n) is 21.0. The van der Waals surface area contributed by atoms with E-state index < -0.39 is 29.4 Å². The highest BCUT2D eigenvalue weighted by Crippen LogP contribution is 2.41. The van der Waals surface area contributed by atoms with Crippen LogP contribution in [0.15, 0.2) is 59.7 Å². The van der Waals surface area contributed by atoms with Crippen molar-refractivity contribution in [2.45, 2.75) is 49.9 Å². The number of likely N-dealkylation sites (tertiary alicyclic amines) is 1. The van der Waals surface area contributed by atoms with Gasteiger partial charge in [0.15, 0.2) is 17.3 Å². The standard InChI is InChI=1S/C28H27F2N5O4/c29-20-6-1-5-19(23(20)30)28(38)11-8-22(24-17(16-28)4-2-12-31-24)39-27(37)34-14-9-18(10-15-34)35-21-7-3-13-32-25(21)33-26(35)36/h1-7,12-13,18,22,38H,8-11,14-16H2,(H,32,33,36)/t22-,28+/m1/s1. The van der Waals surface area contributed by atoms with Gasteiger partial charge in [0.25, 0.3) is 0 Å². The van der Waals surface area contributed by atoms with E-state index >= 15 is 0 Å². The topological polar surface area (TPSA) is 113 Å². The Kier molecular flexibility index (Phi) is 6.38. The molecule has 9 nitrogen and oxygen atoms in total. The number of pyridine rings is 2. The van der Waals surface area contributed by atoms with Crippen LogP contribution >= 0.6 is 0 Å². The molecule has 0 bridgehead atoms. The van der Waals surface area contributed by atoms with E-state index in [1.807, 2.05) is 6.07 Å². The van der Waals surface area contributed by atoms with Crippen LogP contribution in [0.1, 0.15) is 54.6 Å². The van der Waals surface area contributed by atoms with Gasteiger partial charge in [-0.25, -0.2) is 23.4 Å². The number of carbonyl (C=O) groups excluding carboxylic acids is 1. The summed E-state index contributed by atoms with van der Waals surface area (Å²) >= 11 is 0. The van der Waals surface area contributed by atoms with Crippen molar-refractivity contribution in [3.63, 3.8) is 0 Å². The molecule has 0 radical (unpaired) electrons. The summed E-state index contributed by atoms with van der Waals surface area (Å²) < 4.78 is 36.2. The summed E-state index contributed by atoms with van der Waals surface area (Å²) in [4.78, 5) is 38.8. The number of nitrogens with zero attached hydrogens (tertiary/aromatic N) is 4. The van der Waals surface area contributed by atoms with Crippen molar-refractivity contribution in [3.05, 3.63) is 93.8 Å². The number of aliphatic hydroxyl groups is 1. The molecule has 3 aromatic heterocycles. The molecule has 2 atom stereocenters. The second-order valence-electron chi connectivity index (χ2n) is 10.2. The lowest BCUT2D eigenvalue weighted by Crippen LogP contribution is -2.41. The van der Waals surface area contributed by atoms with Gasteiger partial charge in [-0.1, -0.05) is 18.2 Å². The summed E-state index contributed by atoms with van der Waals surface area (Å²) in [5, 5.41) is 11.5. The van der Waals surface area contributed by atoms with Gasteiger partial charge in [-0.05, 0) is 55.5 Å². The minimum atomic E-state index is -1.69. The maximum Gasteiger partial charge on any atom is 0.410 e. The number of nitrogens with one attached hydrogen (secondary N) is 1. The number of benzene rings is 1. The quantitative estimate of drug-likeness (QED) is 0.382. The lowest BCUT2D eigenvalue weighted by atomic mass is 9.85. The number of amides is 1. The number of imidazole rings is 1. The zero-order chi connectivity index (χ0) is 27.1. The molecule has 4 heterocycles.